The highest BCUT2D eigenvalue weighted by molar-refractivity contribution is 5.87. The molecule has 9 heteroatoms. The second kappa shape index (κ2) is 11.2. The molecule has 0 unspecified atom stereocenters. The molecule has 1 aliphatic carbocycles. The molecular formula is C37H25N3O6. The largest absolute Gasteiger partial charge is 0.457 e. The summed E-state index contributed by atoms with van der Waals surface area (Å²) in [5.74, 6) is 2.14. The van der Waals surface area contributed by atoms with Gasteiger partial charge in [-0.2, -0.15) is 0 Å². The zero-order valence-corrected chi connectivity index (χ0v) is 24.2. The third-order valence-electron chi connectivity index (χ3n) is 8.21. The fourth-order valence-electron chi connectivity index (χ4n) is 6.18. The lowest BCUT2D eigenvalue weighted by atomic mass is 9.67. The highest BCUT2D eigenvalue weighted by atomic mass is 16.6. The van der Waals surface area contributed by atoms with Crippen LogP contribution in [0.5, 0.6) is 23.0 Å². The Morgan fingerprint density at radius 1 is 0.500 bits per heavy atom. The second-order valence-electron chi connectivity index (χ2n) is 10.9. The van der Waals surface area contributed by atoms with E-state index in [1.807, 2.05) is 72.8 Å². The summed E-state index contributed by atoms with van der Waals surface area (Å²) in [5, 5.41) is 22.1. The molecule has 2 N–H and O–H groups in total. The minimum atomic E-state index is -0.723. The molecule has 0 aliphatic heterocycles. The Morgan fingerprint density at radius 3 is 1.37 bits per heavy atom. The average molecular weight is 608 g/mol. The van der Waals surface area contributed by atoms with Crippen LogP contribution in [0.1, 0.15) is 22.3 Å². The zero-order chi connectivity index (χ0) is 31.8. The topological polar surface area (TPSA) is 131 Å². The van der Waals surface area contributed by atoms with Crippen molar-refractivity contribution in [3.63, 3.8) is 0 Å². The summed E-state index contributed by atoms with van der Waals surface area (Å²) in [6.45, 7) is 0. The van der Waals surface area contributed by atoms with Crippen LogP contribution >= 0.6 is 0 Å². The zero-order valence-electron chi connectivity index (χ0n) is 24.2. The van der Waals surface area contributed by atoms with Crippen molar-refractivity contribution < 1.29 is 19.3 Å². The van der Waals surface area contributed by atoms with Crippen molar-refractivity contribution in [2.24, 2.45) is 0 Å². The van der Waals surface area contributed by atoms with E-state index >= 15 is 0 Å². The average Bonchev–Trinajstić information content (AvgIpc) is 3.36. The van der Waals surface area contributed by atoms with Crippen molar-refractivity contribution in [2.75, 3.05) is 5.73 Å². The maximum absolute atomic E-state index is 11.0. The number of fused-ring (bicyclic) bond motifs is 3. The first-order valence-corrected chi connectivity index (χ1v) is 14.4. The van der Waals surface area contributed by atoms with Crippen LogP contribution in [0.4, 0.5) is 17.1 Å². The maximum atomic E-state index is 11.0. The number of non-ortho nitro benzene ring substituents is 2. The predicted molar refractivity (Wildman–Crippen MR) is 174 cm³/mol. The van der Waals surface area contributed by atoms with Gasteiger partial charge in [-0.1, -0.05) is 54.6 Å². The Balaban J connectivity index is 1.30. The summed E-state index contributed by atoms with van der Waals surface area (Å²) in [6, 6.07) is 41.8. The smallest absolute Gasteiger partial charge is 0.269 e. The van der Waals surface area contributed by atoms with E-state index in [4.69, 9.17) is 15.2 Å². The lowest BCUT2D eigenvalue weighted by Crippen LogP contribution is -2.28. The molecule has 0 amide bonds. The lowest BCUT2D eigenvalue weighted by Gasteiger charge is -2.34. The monoisotopic (exact) mass is 607 g/mol. The SMILES string of the molecule is Nc1ccc2c(c1)C(c1ccc(Oc3ccc([N+](=O)[O-])cc3)cc1)(c1ccc(Oc3ccc([N+](=O)[O-])cc3)cc1)c1ccccc1-2. The Labute approximate surface area is 263 Å². The van der Waals surface area contributed by atoms with Crippen LogP contribution in [0.3, 0.4) is 0 Å². The number of rotatable bonds is 8. The fraction of sp³-hybridized carbons (Fsp3) is 0.0270. The Hall–Kier alpha value is -6.48. The summed E-state index contributed by atoms with van der Waals surface area (Å²) >= 11 is 0. The number of hydrogen-bond acceptors (Lipinski definition) is 7. The number of nitro benzene ring substituents is 2. The van der Waals surface area contributed by atoms with Gasteiger partial charge in [0.05, 0.1) is 15.3 Å². The highest BCUT2D eigenvalue weighted by Crippen LogP contribution is 2.56. The molecule has 0 radical (unpaired) electrons. The first kappa shape index (κ1) is 28.3. The van der Waals surface area contributed by atoms with Crippen molar-refractivity contribution in [1.29, 1.82) is 0 Å². The number of ether oxygens (including phenoxy) is 2. The molecule has 9 nitrogen and oxygen atoms in total. The quantitative estimate of drug-likeness (QED) is 0.104. The van der Waals surface area contributed by atoms with Crippen LogP contribution in [0.2, 0.25) is 0 Å². The van der Waals surface area contributed by atoms with Crippen LogP contribution in [0.25, 0.3) is 11.1 Å². The summed E-state index contributed by atoms with van der Waals surface area (Å²) in [4.78, 5) is 21.2. The summed E-state index contributed by atoms with van der Waals surface area (Å²) in [7, 11) is 0. The molecule has 0 aromatic heterocycles. The van der Waals surface area contributed by atoms with Gasteiger partial charge in [0, 0.05) is 30.0 Å². The van der Waals surface area contributed by atoms with E-state index in [9.17, 15) is 20.2 Å². The molecule has 1 aliphatic rings. The molecule has 7 rings (SSSR count). The fourth-order valence-corrected chi connectivity index (χ4v) is 6.18. The van der Waals surface area contributed by atoms with E-state index in [-0.39, 0.29) is 11.4 Å². The van der Waals surface area contributed by atoms with Gasteiger partial charge in [0.1, 0.15) is 23.0 Å². The van der Waals surface area contributed by atoms with Gasteiger partial charge in [-0.05, 0) is 94.0 Å². The minimum absolute atomic E-state index is 0.00774. The molecule has 6 aromatic rings. The van der Waals surface area contributed by atoms with E-state index in [0.717, 1.165) is 33.4 Å². The number of nitrogen functional groups attached to an aromatic ring is 1. The van der Waals surface area contributed by atoms with Gasteiger partial charge in [-0.15, -0.1) is 0 Å². The van der Waals surface area contributed by atoms with Crippen LogP contribution in [0.15, 0.2) is 140 Å². The normalized spacial score (nSPS) is 12.5. The standard InChI is InChI=1S/C37H25N3O6/c38-26-9-22-34-33-3-1-2-4-35(33)37(36(34)23-26,24-5-14-29(15-6-24)45-31-18-10-27(11-19-31)39(41)42)25-7-16-30(17-8-25)46-32-20-12-28(13-21-32)40(43)44/h1-23H,38H2. The van der Waals surface area contributed by atoms with Crippen LogP contribution in [0, 0.1) is 20.2 Å². The van der Waals surface area contributed by atoms with Gasteiger partial charge < -0.3 is 15.2 Å². The first-order valence-electron chi connectivity index (χ1n) is 14.4. The van der Waals surface area contributed by atoms with E-state index in [2.05, 4.69) is 18.2 Å². The molecule has 0 heterocycles. The molecule has 0 saturated carbocycles. The molecule has 46 heavy (non-hydrogen) atoms. The lowest BCUT2D eigenvalue weighted by molar-refractivity contribution is -0.385. The third kappa shape index (κ3) is 4.86. The Bertz CT molecular complexity index is 1990. The van der Waals surface area contributed by atoms with E-state index in [1.165, 1.54) is 24.3 Å². The van der Waals surface area contributed by atoms with Crippen LogP contribution in [-0.4, -0.2) is 9.85 Å². The number of nitrogens with two attached hydrogens (primary N) is 1. The van der Waals surface area contributed by atoms with Gasteiger partial charge in [-0.3, -0.25) is 20.2 Å². The molecule has 0 spiro atoms. The van der Waals surface area contributed by atoms with Crippen molar-refractivity contribution in [3.8, 4) is 34.1 Å². The second-order valence-corrected chi connectivity index (χ2v) is 10.9. The Morgan fingerprint density at radius 2 is 0.913 bits per heavy atom. The molecule has 224 valence electrons. The van der Waals surface area contributed by atoms with E-state index < -0.39 is 15.3 Å². The van der Waals surface area contributed by atoms with E-state index in [1.54, 1.807) is 24.3 Å². The summed E-state index contributed by atoms with van der Waals surface area (Å²) < 4.78 is 12.0. The summed E-state index contributed by atoms with van der Waals surface area (Å²) in [6.07, 6.45) is 0. The van der Waals surface area contributed by atoms with Gasteiger partial charge in [0.15, 0.2) is 0 Å². The molecule has 0 bridgehead atoms. The van der Waals surface area contributed by atoms with Crippen LogP contribution in [-0.2, 0) is 5.41 Å². The predicted octanol–water partition coefficient (Wildman–Crippen LogP) is 9.03. The summed E-state index contributed by atoms with van der Waals surface area (Å²) in [5.41, 5.74) is 12.6. The minimum Gasteiger partial charge on any atom is -0.457 e. The Kier molecular flexibility index (Phi) is 6.90. The highest BCUT2D eigenvalue weighted by Gasteiger charge is 2.46. The molecular weight excluding hydrogens is 582 g/mol. The van der Waals surface area contributed by atoms with Crippen molar-refractivity contribution in [3.05, 3.63) is 182 Å². The number of anilines is 1. The maximum Gasteiger partial charge on any atom is 0.269 e. The van der Waals surface area contributed by atoms with Gasteiger partial charge in [0.25, 0.3) is 11.4 Å². The molecule has 0 saturated heterocycles. The number of benzene rings is 6. The molecule has 6 aromatic carbocycles. The van der Waals surface area contributed by atoms with Crippen LogP contribution < -0.4 is 15.2 Å². The molecule has 0 atom stereocenters. The number of nitro groups is 2. The van der Waals surface area contributed by atoms with Gasteiger partial charge in [-0.25, -0.2) is 0 Å². The third-order valence-corrected chi connectivity index (χ3v) is 8.21. The van der Waals surface area contributed by atoms with Crippen molar-refractivity contribution in [2.45, 2.75) is 5.41 Å². The van der Waals surface area contributed by atoms with Crippen molar-refractivity contribution >= 4 is 17.1 Å². The van der Waals surface area contributed by atoms with Gasteiger partial charge in [0.2, 0.25) is 0 Å². The molecule has 0 fully saturated rings. The van der Waals surface area contributed by atoms with Crippen molar-refractivity contribution in [1.82, 2.24) is 0 Å². The van der Waals surface area contributed by atoms with Gasteiger partial charge >= 0.3 is 0 Å². The number of nitrogens with zero attached hydrogens (tertiary/aromatic N) is 2. The number of hydrogen-bond donors (Lipinski definition) is 1. The first-order chi connectivity index (χ1) is 22.3. The van der Waals surface area contributed by atoms with E-state index in [0.29, 0.717) is 28.7 Å².